The Hall–Kier alpha value is -2.09. The summed E-state index contributed by atoms with van der Waals surface area (Å²) in [6, 6.07) is 7.87. The van der Waals surface area contributed by atoms with Crippen LogP contribution in [0.5, 0.6) is 0 Å². The van der Waals surface area contributed by atoms with Crippen molar-refractivity contribution in [3.05, 3.63) is 35.9 Å². The Balaban J connectivity index is 2.22. The van der Waals surface area contributed by atoms with Gasteiger partial charge in [0, 0.05) is 11.7 Å². The SMILES string of the molecule is CC(C)(C)[C@H]1OC(=O)[C@@H](CS(C)(=O)=O)N1C(=O)OCc1ccccc1. The number of carbonyl (C=O) groups is 2. The standard InChI is InChI=1S/C17H23NO6S/c1-17(2,3)15-18(13(14(19)24-15)11-25(4,21)22)16(20)23-10-12-8-6-5-7-9-12/h5-9,13,15H,10-11H2,1-4H3/t13-,15-/m1/s1. The van der Waals surface area contributed by atoms with Gasteiger partial charge in [0.1, 0.15) is 16.4 Å². The van der Waals surface area contributed by atoms with Crippen molar-refractivity contribution >= 4 is 21.9 Å². The van der Waals surface area contributed by atoms with Crippen molar-refractivity contribution < 1.29 is 27.5 Å². The van der Waals surface area contributed by atoms with E-state index >= 15 is 0 Å². The van der Waals surface area contributed by atoms with Crippen LogP contribution in [-0.4, -0.2) is 49.7 Å². The topological polar surface area (TPSA) is 90.0 Å². The van der Waals surface area contributed by atoms with Gasteiger partial charge in [0.25, 0.3) is 0 Å². The molecule has 25 heavy (non-hydrogen) atoms. The van der Waals surface area contributed by atoms with E-state index in [0.717, 1.165) is 16.7 Å². The van der Waals surface area contributed by atoms with Gasteiger partial charge in [-0.05, 0) is 5.56 Å². The van der Waals surface area contributed by atoms with E-state index < -0.39 is 45.3 Å². The second-order valence-corrected chi connectivity index (χ2v) is 9.40. The highest BCUT2D eigenvalue weighted by atomic mass is 32.2. The lowest BCUT2D eigenvalue weighted by Crippen LogP contribution is -2.50. The molecule has 0 saturated carbocycles. The predicted molar refractivity (Wildman–Crippen MR) is 91.3 cm³/mol. The maximum atomic E-state index is 12.6. The van der Waals surface area contributed by atoms with Gasteiger partial charge in [-0.15, -0.1) is 0 Å². The number of cyclic esters (lactones) is 1. The van der Waals surface area contributed by atoms with Crippen molar-refractivity contribution in [3.8, 4) is 0 Å². The average molecular weight is 369 g/mol. The molecule has 0 N–H and O–H groups in total. The first-order chi connectivity index (χ1) is 11.5. The molecule has 1 amide bonds. The van der Waals surface area contributed by atoms with E-state index in [1.54, 1.807) is 32.9 Å². The number of sulfone groups is 1. The fraction of sp³-hybridized carbons (Fsp3) is 0.529. The van der Waals surface area contributed by atoms with E-state index in [-0.39, 0.29) is 6.61 Å². The molecule has 1 saturated heterocycles. The van der Waals surface area contributed by atoms with E-state index in [1.165, 1.54) is 0 Å². The molecule has 1 aliphatic rings. The molecule has 1 fully saturated rings. The molecule has 1 aromatic rings. The average Bonchev–Trinajstić information content (AvgIpc) is 2.81. The third-order valence-electron chi connectivity index (χ3n) is 3.71. The molecule has 1 heterocycles. The Labute approximate surface area is 147 Å². The van der Waals surface area contributed by atoms with Crippen LogP contribution in [0.3, 0.4) is 0 Å². The van der Waals surface area contributed by atoms with Crippen molar-refractivity contribution in [1.82, 2.24) is 4.90 Å². The quantitative estimate of drug-likeness (QED) is 0.754. The summed E-state index contributed by atoms with van der Waals surface area (Å²) in [4.78, 5) is 25.9. The summed E-state index contributed by atoms with van der Waals surface area (Å²) in [6.07, 6.45) is -0.656. The molecule has 0 aromatic heterocycles. The highest BCUT2D eigenvalue weighted by Crippen LogP contribution is 2.33. The second-order valence-electron chi connectivity index (χ2n) is 7.21. The second kappa shape index (κ2) is 7.03. The van der Waals surface area contributed by atoms with Crippen molar-refractivity contribution in [3.63, 3.8) is 0 Å². The number of hydrogen-bond acceptors (Lipinski definition) is 6. The molecule has 0 unspecified atom stereocenters. The van der Waals surface area contributed by atoms with Gasteiger partial charge in [-0.3, -0.25) is 4.90 Å². The summed E-state index contributed by atoms with van der Waals surface area (Å²) in [6.45, 7) is 5.41. The van der Waals surface area contributed by atoms with Crippen LogP contribution >= 0.6 is 0 Å². The molecule has 0 aliphatic carbocycles. The molecular formula is C17H23NO6S. The fourth-order valence-corrected chi connectivity index (χ4v) is 3.44. The van der Waals surface area contributed by atoms with E-state index in [9.17, 15) is 18.0 Å². The zero-order valence-electron chi connectivity index (χ0n) is 14.8. The number of carbonyl (C=O) groups excluding carboxylic acids is 2. The van der Waals surface area contributed by atoms with Crippen LogP contribution < -0.4 is 0 Å². The van der Waals surface area contributed by atoms with Crippen molar-refractivity contribution in [2.45, 2.75) is 39.6 Å². The van der Waals surface area contributed by atoms with Crippen LogP contribution in [0.15, 0.2) is 30.3 Å². The minimum Gasteiger partial charge on any atom is -0.444 e. The van der Waals surface area contributed by atoms with Crippen LogP contribution in [-0.2, 0) is 30.7 Å². The predicted octanol–water partition coefficient (Wildman–Crippen LogP) is 1.97. The van der Waals surface area contributed by atoms with Gasteiger partial charge in [-0.1, -0.05) is 51.1 Å². The maximum Gasteiger partial charge on any atom is 0.413 e. The minimum atomic E-state index is -3.49. The molecule has 0 spiro atoms. The molecular weight excluding hydrogens is 346 g/mol. The third kappa shape index (κ3) is 4.94. The summed E-state index contributed by atoms with van der Waals surface area (Å²) >= 11 is 0. The summed E-state index contributed by atoms with van der Waals surface area (Å²) < 4.78 is 33.9. The summed E-state index contributed by atoms with van der Waals surface area (Å²) in [5.41, 5.74) is 0.197. The Kier molecular flexibility index (Phi) is 5.41. The molecule has 2 rings (SSSR count). The molecule has 2 atom stereocenters. The van der Waals surface area contributed by atoms with Gasteiger partial charge in [-0.25, -0.2) is 18.0 Å². The van der Waals surface area contributed by atoms with E-state index in [1.807, 2.05) is 18.2 Å². The van der Waals surface area contributed by atoms with E-state index in [0.29, 0.717) is 0 Å². The largest absolute Gasteiger partial charge is 0.444 e. The first kappa shape index (κ1) is 19.2. The third-order valence-corrected chi connectivity index (χ3v) is 4.63. The van der Waals surface area contributed by atoms with Gasteiger partial charge in [0.15, 0.2) is 12.3 Å². The number of hydrogen-bond donors (Lipinski definition) is 0. The number of benzene rings is 1. The minimum absolute atomic E-state index is 0.0207. The molecule has 1 aromatic carbocycles. The van der Waals surface area contributed by atoms with Crippen LogP contribution in [0.1, 0.15) is 26.3 Å². The Morgan fingerprint density at radius 3 is 2.36 bits per heavy atom. The lowest BCUT2D eigenvalue weighted by molar-refractivity contribution is -0.147. The molecule has 0 bridgehead atoms. The number of ether oxygens (including phenoxy) is 2. The van der Waals surface area contributed by atoms with Gasteiger partial charge in [0.2, 0.25) is 0 Å². The number of rotatable bonds is 4. The smallest absolute Gasteiger partial charge is 0.413 e. The number of amides is 1. The van der Waals surface area contributed by atoms with Crippen LogP contribution in [0.4, 0.5) is 4.79 Å². The molecule has 0 radical (unpaired) electrons. The van der Waals surface area contributed by atoms with E-state index in [2.05, 4.69) is 0 Å². The highest BCUT2D eigenvalue weighted by molar-refractivity contribution is 7.90. The van der Waals surface area contributed by atoms with Crippen LogP contribution in [0, 0.1) is 5.41 Å². The molecule has 7 nitrogen and oxygen atoms in total. The zero-order chi connectivity index (χ0) is 18.8. The molecule has 1 aliphatic heterocycles. The van der Waals surface area contributed by atoms with Gasteiger partial charge in [0.05, 0.1) is 5.75 Å². The monoisotopic (exact) mass is 369 g/mol. The summed E-state index contributed by atoms with van der Waals surface area (Å²) in [5.74, 6) is -1.24. The Morgan fingerprint density at radius 2 is 1.84 bits per heavy atom. The first-order valence-electron chi connectivity index (χ1n) is 7.86. The Bertz CT molecular complexity index is 738. The van der Waals surface area contributed by atoms with Gasteiger partial charge >= 0.3 is 12.1 Å². The van der Waals surface area contributed by atoms with Crippen LogP contribution in [0.2, 0.25) is 0 Å². The molecule has 8 heteroatoms. The summed E-state index contributed by atoms with van der Waals surface area (Å²) in [7, 11) is -3.49. The normalized spacial score (nSPS) is 21.1. The van der Waals surface area contributed by atoms with Crippen molar-refractivity contribution in [2.24, 2.45) is 5.41 Å². The maximum absolute atomic E-state index is 12.6. The lowest BCUT2D eigenvalue weighted by atomic mass is 9.93. The van der Waals surface area contributed by atoms with E-state index in [4.69, 9.17) is 9.47 Å². The number of esters is 1. The fourth-order valence-electron chi connectivity index (χ4n) is 2.57. The zero-order valence-corrected chi connectivity index (χ0v) is 15.6. The van der Waals surface area contributed by atoms with Gasteiger partial charge < -0.3 is 9.47 Å². The Morgan fingerprint density at radius 1 is 1.24 bits per heavy atom. The number of nitrogens with zero attached hydrogens (tertiary/aromatic N) is 1. The summed E-state index contributed by atoms with van der Waals surface area (Å²) in [5, 5.41) is 0. The van der Waals surface area contributed by atoms with Gasteiger partial charge in [-0.2, -0.15) is 0 Å². The lowest BCUT2D eigenvalue weighted by Gasteiger charge is -2.33. The van der Waals surface area contributed by atoms with Crippen molar-refractivity contribution in [2.75, 3.05) is 12.0 Å². The van der Waals surface area contributed by atoms with Crippen LogP contribution in [0.25, 0.3) is 0 Å². The highest BCUT2D eigenvalue weighted by Gasteiger charge is 2.51. The first-order valence-corrected chi connectivity index (χ1v) is 9.92. The van der Waals surface area contributed by atoms with Crippen molar-refractivity contribution in [1.29, 1.82) is 0 Å². The molecule has 138 valence electrons.